The van der Waals surface area contributed by atoms with Gasteiger partial charge < -0.3 is 5.32 Å². The number of carbonyl (C=O) groups is 3. The van der Waals surface area contributed by atoms with Crippen molar-refractivity contribution in [3.05, 3.63) is 60.2 Å². The third-order valence-electron chi connectivity index (χ3n) is 5.96. The number of hydrogen-bond donors (Lipinski definition) is 3. The van der Waals surface area contributed by atoms with E-state index in [-0.39, 0.29) is 16.1 Å². The molecule has 1 saturated carbocycles. The molecule has 1 heterocycles. The molecule has 0 atom stereocenters. The van der Waals surface area contributed by atoms with Crippen molar-refractivity contribution in [3.63, 3.8) is 0 Å². The van der Waals surface area contributed by atoms with Crippen LogP contribution in [0.15, 0.2) is 59.5 Å². The molecule has 4 rings (SSSR count). The lowest BCUT2D eigenvalue weighted by molar-refractivity contribution is -0.134. The van der Waals surface area contributed by atoms with Crippen LogP contribution in [0.3, 0.4) is 0 Å². The highest BCUT2D eigenvalue weighted by Gasteiger charge is 2.52. The van der Waals surface area contributed by atoms with Crippen LogP contribution >= 0.6 is 0 Å². The van der Waals surface area contributed by atoms with Crippen LogP contribution in [-0.2, 0) is 14.8 Å². The van der Waals surface area contributed by atoms with Gasteiger partial charge in [0.15, 0.2) is 0 Å². The Morgan fingerprint density at radius 3 is 2.28 bits per heavy atom. The summed E-state index contributed by atoms with van der Waals surface area (Å²) in [5.74, 6) is -0.603. The van der Waals surface area contributed by atoms with E-state index in [1.165, 1.54) is 36.4 Å². The van der Waals surface area contributed by atoms with E-state index in [0.29, 0.717) is 18.8 Å². The molecule has 2 aliphatic rings. The third kappa shape index (κ3) is 4.18. The second kappa shape index (κ2) is 8.27. The summed E-state index contributed by atoms with van der Waals surface area (Å²) in [5.41, 5.74) is 1.86. The number of sulfonamides is 1. The fraction of sp³-hybridized carbons (Fsp3) is 0.318. The number of hydrogen-bond acceptors (Lipinski definition) is 5. The van der Waals surface area contributed by atoms with Crippen molar-refractivity contribution in [1.82, 2.24) is 15.8 Å². The molecule has 4 amide bonds. The fourth-order valence-corrected chi connectivity index (χ4v) is 5.06. The van der Waals surface area contributed by atoms with E-state index in [1.807, 2.05) is 0 Å². The molecule has 32 heavy (non-hydrogen) atoms. The van der Waals surface area contributed by atoms with Gasteiger partial charge in [-0.1, -0.05) is 25.1 Å². The first kappa shape index (κ1) is 21.8. The van der Waals surface area contributed by atoms with E-state index in [9.17, 15) is 22.8 Å². The molecule has 2 aromatic rings. The molecule has 0 radical (unpaired) electrons. The van der Waals surface area contributed by atoms with Gasteiger partial charge in [-0.15, -0.1) is 0 Å². The van der Waals surface area contributed by atoms with Gasteiger partial charge in [-0.3, -0.25) is 19.7 Å². The monoisotopic (exact) mass is 456 g/mol. The minimum atomic E-state index is -3.76. The lowest BCUT2D eigenvalue weighted by atomic mass is 9.77. The number of anilines is 1. The number of hydrazine groups is 1. The van der Waals surface area contributed by atoms with Gasteiger partial charge >= 0.3 is 6.03 Å². The number of nitrogens with zero attached hydrogens (tertiary/aromatic N) is 1. The van der Waals surface area contributed by atoms with Gasteiger partial charge in [0.2, 0.25) is 0 Å². The summed E-state index contributed by atoms with van der Waals surface area (Å²) in [5, 5.41) is 3.48. The van der Waals surface area contributed by atoms with Gasteiger partial charge in [0.25, 0.3) is 21.8 Å². The fourth-order valence-electron chi connectivity index (χ4n) is 3.99. The Kier molecular flexibility index (Phi) is 5.64. The van der Waals surface area contributed by atoms with Gasteiger partial charge in [0.05, 0.1) is 4.90 Å². The van der Waals surface area contributed by atoms with Crippen LogP contribution in [-0.4, -0.2) is 36.8 Å². The highest BCUT2D eigenvalue weighted by molar-refractivity contribution is 7.92. The average molecular weight is 457 g/mol. The van der Waals surface area contributed by atoms with Crippen molar-refractivity contribution in [3.8, 4) is 0 Å². The Balaban J connectivity index is 1.42. The predicted octanol–water partition coefficient (Wildman–Crippen LogP) is 2.63. The Morgan fingerprint density at radius 2 is 1.66 bits per heavy atom. The smallest absolute Gasteiger partial charge is 0.322 e. The summed E-state index contributed by atoms with van der Waals surface area (Å²) < 4.78 is 27.3. The summed E-state index contributed by atoms with van der Waals surface area (Å²) >= 11 is 0. The van der Waals surface area contributed by atoms with Gasteiger partial charge in [0, 0.05) is 11.3 Å². The Morgan fingerprint density at radius 1 is 1.03 bits per heavy atom. The molecule has 0 aromatic heterocycles. The van der Waals surface area contributed by atoms with Crippen LogP contribution in [0, 0.1) is 5.92 Å². The summed E-state index contributed by atoms with van der Waals surface area (Å²) in [6.45, 7) is 2.11. The number of amides is 4. The maximum absolute atomic E-state index is 12.9. The number of nitrogens with one attached hydrogen (secondary N) is 3. The van der Waals surface area contributed by atoms with Crippen molar-refractivity contribution in [2.45, 2.75) is 43.0 Å². The van der Waals surface area contributed by atoms with Crippen molar-refractivity contribution in [2.24, 2.45) is 5.92 Å². The van der Waals surface area contributed by atoms with E-state index in [2.05, 4.69) is 22.4 Å². The van der Waals surface area contributed by atoms with Gasteiger partial charge in [0.1, 0.15) is 5.54 Å². The van der Waals surface area contributed by atoms with Gasteiger partial charge in [-0.25, -0.2) is 13.2 Å². The van der Waals surface area contributed by atoms with Crippen molar-refractivity contribution >= 4 is 33.6 Å². The molecular weight excluding hydrogens is 432 g/mol. The Labute approximate surface area is 186 Å². The van der Waals surface area contributed by atoms with Crippen molar-refractivity contribution in [2.75, 3.05) is 4.72 Å². The zero-order chi connectivity index (χ0) is 22.9. The first-order valence-corrected chi connectivity index (χ1v) is 11.8. The summed E-state index contributed by atoms with van der Waals surface area (Å²) in [4.78, 5) is 37.9. The van der Waals surface area contributed by atoms with E-state index >= 15 is 0 Å². The normalized spacial score (nSPS) is 23.2. The first-order valence-electron chi connectivity index (χ1n) is 10.4. The van der Waals surface area contributed by atoms with Crippen LogP contribution in [0.1, 0.15) is 43.0 Å². The molecule has 1 aliphatic heterocycles. The summed E-state index contributed by atoms with van der Waals surface area (Å²) in [6, 6.07) is 13.0. The zero-order valence-corrected chi connectivity index (χ0v) is 18.3. The minimum absolute atomic E-state index is 0.117. The van der Waals surface area contributed by atoms with Gasteiger partial charge in [-0.05, 0) is 68.0 Å². The molecule has 1 aliphatic carbocycles. The van der Waals surface area contributed by atoms with Crippen molar-refractivity contribution in [1.29, 1.82) is 0 Å². The van der Waals surface area contributed by atoms with E-state index in [0.717, 1.165) is 17.9 Å². The molecule has 3 N–H and O–H groups in total. The summed E-state index contributed by atoms with van der Waals surface area (Å²) in [7, 11) is -3.76. The zero-order valence-electron chi connectivity index (χ0n) is 17.5. The predicted molar refractivity (Wildman–Crippen MR) is 117 cm³/mol. The summed E-state index contributed by atoms with van der Waals surface area (Å²) in [6.07, 6.45) is 2.74. The highest BCUT2D eigenvalue weighted by Crippen LogP contribution is 2.35. The second-order valence-corrected chi connectivity index (χ2v) is 9.95. The van der Waals surface area contributed by atoms with Gasteiger partial charge in [-0.2, -0.15) is 5.01 Å². The van der Waals surface area contributed by atoms with Crippen LogP contribution in [0.5, 0.6) is 0 Å². The van der Waals surface area contributed by atoms with E-state index in [1.54, 1.807) is 18.2 Å². The number of urea groups is 1. The van der Waals surface area contributed by atoms with Crippen LogP contribution in [0.4, 0.5) is 10.5 Å². The van der Waals surface area contributed by atoms with Crippen LogP contribution < -0.4 is 15.5 Å². The molecule has 2 fully saturated rings. The third-order valence-corrected chi connectivity index (χ3v) is 7.35. The quantitative estimate of drug-likeness (QED) is 0.597. The SMILES string of the molecule is CC1CCC2(CC1)NC(=O)N(NC(=O)c1ccc(NS(=O)(=O)c3ccccc3)cc1)C2=O. The highest BCUT2D eigenvalue weighted by atomic mass is 32.2. The Hall–Kier alpha value is -3.40. The first-order chi connectivity index (χ1) is 15.2. The standard InChI is InChI=1S/C22H24N4O5S/c1-15-11-13-22(14-12-15)20(28)26(21(29)23-22)24-19(27)16-7-9-17(10-8-16)25-32(30,31)18-5-3-2-4-6-18/h2-10,15,25H,11-14H2,1H3,(H,23,29)(H,24,27). The molecule has 0 unspecified atom stereocenters. The Bertz CT molecular complexity index is 1140. The molecule has 0 bridgehead atoms. The topological polar surface area (TPSA) is 125 Å². The average Bonchev–Trinajstić information content (AvgIpc) is 3.01. The number of rotatable bonds is 5. The molecule has 168 valence electrons. The maximum Gasteiger partial charge on any atom is 0.344 e. The minimum Gasteiger partial charge on any atom is -0.322 e. The number of imide groups is 1. The molecule has 9 nitrogen and oxygen atoms in total. The molecular formula is C22H24N4O5S. The van der Waals surface area contributed by atoms with Crippen molar-refractivity contribution < 1.29 is 22.8 Å². The number of carbonyl (C=O) groups excluding carboxylic acids is 3. The molecule has 10 heteroatoms. The largest absolute Gasteiger partial charge is 0.344 e. The number of benzene rings is 2. The van der Waals surface area contributed by atoms with Crippen LogP contribution in [0.2, 0.25) is 0 Å². The van der Waals surface area contributed by atoms with E-state index < -0.39 is 33.4 Å². The second-order valence-electron chi connectivity index (χ2n) is 8.27. The maximum atomic E-state index is 12.9. The lowest BCUT2D eigenvalue weighted by Gasteiger charge is -2.33. The molecule has 1 saturated heterocycles. The van der Waals surface area contributed by atoms with E-state index in [4.69, 9.17) is 0 Å². The molecule has 2 aromatic carbocycles. The lowest BCUT2D eigenvalue weighted by Crippen LogP contribution is -2.51. The van der Waals surface area contributed by atoms with Crippen LogP contribution in [0.25, 0.3) is 0 Å². The molecule has 1 spiro atoms.